The molecule has 2 fully saturated rings. The molecule has 0 N–H and O–H groups in total. The van der Waals surface area contributed by atoms with Gasteiger partial charge in [0.15, 0.2) is 0 Å². The molecule has 1 heterocycles. The molecule has 25 heavy (non-hydrogen) atoms. The zero-order chi connectivity index (χ0) is 18.2. The van der Waals surface area contributed by atoms with Crippen LogP contribution in [0, 0.1) is 0 Å². The van der Waals surface area contributed by atoms with Crippen LogP contribution in [0.25, 0.3) is 0 Å². The fourth-order valence-electron chi connectivity index (χ4n) is 3.35. The van der Waals surface area contributed by atoms with Gasteiger partial charge < -0.3 is 0 Å². The highest BCUT2D eigenvalue weighted by molar-refractivity contribution is 7.90. The van der Waals surface area contributed by atoms with Gasteiger partial charge in [0, 0.05) is 32.7 Å². The summed E-state index contributed by atoms with van der Waals surface area (Å²) in [7, 11) is -1.52. The molecule has 1 saturated carbocycles. The van der Waals surface area contributed by atoms with Gasteiger partial charge in [-0.1, -0.05) is 18.2 Å². The van der Waals surface area contributed by atoms with Crippen molar-refractivity contribution in [2.75, 3.05) is 20.1 Å². The Labute approximate surface area is 146 Å². The van der Waals surface area contributed by atoms with Gasteiger partial charge in [0.1, 0.15) is 0 Å². The van der Waals surface area contributed by atoms with Crippen molar-refractivity contribution in [3.8, 4) is 0 Å². The highest BCUT2D eigenvalue weighted by Crippen LogP contribution is 2.33. The van der Waals surface area contributed by atoms with Gasteiger partial charge in [-0.15, -0.1) is 0 Å². The van der Waals surface area contributed by atoms with E-state index in [1.807, 2.05) is 0 Å². The lowest BCUT2D eigenvalue weighted by Crippen LogP contribution is -2.46. The Morgan fingerprint density at radius 2 is 1.80 bits per heavy atom. The second kappa shape index (κ2) is 6.89. The first kappa shape index (κ1) is 18.7. The van der Waals surface area contributed by atoms with Gasteiger partial charge in [0.2, 0.25) is 10.0 Å². The number of piperidine rings is 1. The Bertz CT molecular complexity index is 709. The molecular weight excluding hydrogens is 353 g/mol. The lowest BCUT2D eigenvalue weighted by atomic mass is 10.0. The molecule has 0 aromatic heterocycles. The third-order valence-corrected chi connectivity index (χ3v) is 7.49. The van der Waals surface area contributed by atoms with E-state index in [4.69, 9.17) is 0 Å². The summed E-state index contributed by atoms with van der Waals surface area (Å²) in [6.45, 7) is 1.83. The predicted octanol–water partition coefficient (Wildman–Crippen LogP) is 3.09. The number of sulfonamides is 1. The molecule has 0 amide bonds. The number of benzene rings is 1. The molecule has 1 aromatic carbocycles. The third kappa shape index (κ3) is 4.35. The van der Waals surface area contributed by atoms with Gasteiger partial charge in [-0.05, 0) is 37.3 Å². The number of nitrogens with zero attached hydrogens (tertiary/aromatic N) is 2. The second-order valence-electron chi connectivity index (χ2n) is 6.97. The maximum absolute atomic E-state index is 12.8. The van der Waals surface area contributed by atoms with E-state index >= 15 is 0 Å². The van der Waals surface area contributed by atoms with E-state index in [-0.39, 0.29) is 11.3 Å². The fourth-order valence-corrected chi connectivity index (χ4v) is 5.18. The van der Waals surface area contributed by atoms with Gasteiger partial charge in [-0.3, -0.25) is 4.90 Å². The zero-order valence-corrected chi connectivity index (χ0v) is 15.0. The van der Waals surface area contributed by atoms with E-state index < -0.39 is 21.8 Å². The van der Waals surface area contributed by atoms with Gasteiger partial charge >= 0.3 is 6.18 Å². The molecule has 0 spiro atoms. The van der Waals surface area contributed by atoms with E-state index in [0.29, 0.717) is 38.0 Å². The van der Waals surface area contributed by atoms with Crippen LogP contribution in [0.2, 0.25) is 0 Å². The lowest BCUT2D eigenvalue weighted by molar-refractivity contribution is -0.137. The highest BCUT2D eigenvalue weighted by atomic mass is 32.2. The number of alkyl halides is 3. The monoisotopic (exact) mass is 376 g/mol. The molecule has 4 nitrogen and oxygen atoms in total. The van der Waals surface area contributed by atoms with Crippen LogP contribution >= 0.6 is 0 Å². The summed E-state index contributed by atoms with van der Waals surface area (Å²) in [6, 6.07) is 5.39. The Morgan fingerprint density at radius 3 is 2.36 bits per heavy atom. The van der Waals surface area contributed by atoms with Gasteiger partial charge in [-0.2, -0.15) is 13.2 Å². The SMILES string of the molecule is CN(C1CCN(Cc2cccc(C(F)(F)F)c2)CC1)S(=O)(=O)C1CC1. The summed E-state index contributed by atoms with van der Waals surface area (Å²) >= 11 is 0. The molecule has 140 valence electrons. The number of likely N-dealkylation sites (tertiary alicyclic amines) is 1. The number of halogens is 3. The first-order chi connectivity index (χ1) is 11.7. The van der Waals surface area contributed by atoms with Crippen molar-refractivity contribution in [3.05, 3.63) is 35.4 Å². The molecule has 1 aliphatic carbocycles. The molecular formula is C17H23F3N2O2S. The van der Waals surface area contributed by atoms with Gasteiger partial charge in [-0.25, -0.2) is 12.7 Å². The molecule has 1 saturated heterocycles. The molecule has 0 atom stereocenters. The standard InChI is InChI=1S/C17H23F3N2O2S/c1-21(25(23,24)16-5-6-16)15-7-9-22(10-8-15)12-13-3-2-4-14(11-13)17(18,19)20/h2-4,11,15-16H,5-10,12H2,1H3. The molecule has 0 radical (unpaired) electrons. The van der Waals surface area contributed by atoms with Crippen molar-refractivity contribution >= 4 is 10.0 Å². The molecule has 3 rings (SSSR count). The normalized spacial score (nSPS) is 21.0. The number of hydrogen-bond donors (Lipinski definition) is 0. The van der Waals surface area contributed by atoms with Crippen LogP contribution in [-0.2, 0) is 22.7 Å². The Hall–Kier alpha value is -1.12. The highest BCUT2D eigenvalue weighted by Gasteiger charge is 2.41. The Balaban J connectivity index is 1.56. The Kier molecular flexibility index (Phi) is 5.14. The summed E-state index contributed by atoms with van der Waals surface area (Å²) in [4.78, 5) is 2.09. The quantitative estimate of drug-likeness (QED) is 0.793. The van der Waals surface area contributed by atoms with Gasteiger partial charge in [0.25, 0.3) is 0 Å². The molecule has 8 heteroatoms. The largest absolute Gasteiger partial charge is 0.416 e. The van der Waals surface area contributed by atoms with Crippen LogP contribution in [0.3, 0.4) is 0 Å². The third-order valence-electron chi connectivity index (χ3n) is 5.08. The van der Waals surface area contributed by atoms with Crippen molar-refractivity contribution in [2.24, 2.45) is 0 Å². The van der Waals surface area contributed by atoms with Crippen molar-refractivity contribution in [1.82, 2.24) is 9.21 Å². The van der Waals surface area contributed by atoms with Crippen LogP contribution in [-0.4, -0.2) is 49.1 Å². The van der Waals surface area contributed by atoms with Crippen LogP contribution in [0.4, 0.5) is 13.2 Å². The van der Waals surface area contributed by atoms with E-state index in [9.17, 15) is 21.6 Å². The Morgan fingerprint density at radius 1 is 1.16 bits per heavy atom. The van der Waals surface area contributed by atoms with Crippen LogP contribution in [0.1, 0.15) is 36.8 Å². The molecule has 1 aromatic rings. The molecule has 0 bridgehead atoms. The van der Waals surface area contributed by atoms with Crippen molar-refractivity contribution in [3.63, 3.8) is 0 Å². The minimum Gasteiger partial charge on any atom is -0.299 e. The average Bonchev–Trinajstić information content (AvgIpc) is 3.40. The van der Waals surface area contributed by atoms with Crippen molar-refractivity contribution in [2.45, 2.75) is 49.7 Å². The van der Waals surface area contributed by atoms with E-state index in [1.54, 1.807) is 13.1 Å². The van der Waals surface area contributed by atoms with Crippen molar-refractivity contribution < 1.29 is 21.6 Å². The summed E-state index contributed by atoms with van der Waals surface area (Å²) in [5, 5.41) is -0.208. The number of hydrogen-bond acceptors (Lipinski definition) is 3. The molecule has 1 aliphatic heterocycles. The first-order valence-electron chi connectivity index (χ1n) is 8.53. The smallest absolute Gasteiger partial charge is 0.299 e. The first-order valence-corrected chi connectivity index (χ1v) is 10.0. The lowest BCUT2D eigenvalue weighted by Gasteiger charge is -2.36. The van der Waals surface area contributed by atoms with Crippen LogP contribution in [0.5, 0.6) is 0 Å². The average molecular weight is 376 g/mol. The minimum absolute atomic E-state index is 0.0108. The maximum atomic E-state index is 12.8. The second-order valence-corrected chi connectivity index (χ2v) is 9.24. The maximum Gasteiger partial charge on any atom is 0.416 e. The van der Waals surface area contributed by atoms with Gasteiger partial charge in [0.05, 0.1) is 10.8 Å². The van der Waals surface area contributed by atoms with E-state index in [0.717, 1.165) is 18.9 Å². The predicted molar refractivity (Wildman–Crippen MR) is 89.4 cm³/mol. The number of rotatable bonds is 5. The van der Waals surface area contributed by atoms with Crippen LogP contribution < -0.4 is 0 Å². The van der Waals surface area contributed by atoms with Crippen LogP contribution in [0.15, 0.2) is 24.3 Å². The van der Waals surface area contributed by atoms with Crippen molar-refractivity contribution in [1.29, 1.82) is 0 Å². The van der Waals surface area contributed by atoms with E-state index in [1.165, 1.54) is 16.4 Å². The van der Waals surface area contributed by atoms with E-state index in [2.05, 4.69) is 4.90 Å². The zero-order valence-electron chi connectivity index (χ0n) is 14.2. The summed E-state index contributed by atoms with van der Waals surface area (Å²) in [5.74, 6) is 0. The topological polar surface area (TPSA) is 40.6 Å². The summed E-state index contributed by atoms with van der Waals surface area (Å²) in [6.07, 6.45) is -1.41. The fraction of sp³-hybridized carbons (Fsp3) is 0.647. The molecule has 0 unspecified atom stereocenters. The summed E-state index contributed by atoms with van der Waals surface area (Å²) < 4.78 is 64.5. The molecule has 2 aliphatic rings. The minimum atomic E-state index is -4.33. The summed E-state index contributed by atoms with van der Waals surface area (Å²) in [5.41, 5.74) is 0.00220.